The zero-order chi connectivity index (χ0) is 17.9. The zero-order valence-corrected chi connectivity index (χ0v) is 15.6. The minimum absolute atomic E-state index is 0.303. The van der Waals surface area contributed by atoms with Crippen LogP contribution in [0.1, 0.15) is 90.9 Å². The summed E-state index contributed by atoms with van der Waals surface area (Å²) < 4.78 is 4.68. The van der Waals surface area contributed by atoms with Gasteiger partial charge in [-0.1, -0.05) is 63.3 Å². The molecule has 0 aromatic heterocycles. The zero-order valence-electron chi connectivity index (χ0n) is 15.6. The SMILES string of the molecule is C/C=C(\O)OC(=O)CCCCCCC/C=C\C/C=C\CCCCC. The van der Waals surface area contributed by atoms with Crippen molar-refractivity contribution in [2.45, 2.75) is 90.9 Å². The van der Waals surface area contributed by atoms with Crippen LogP contribution in [0.2, 0.25) is 0 Å². The molecule has 3 heteroatoms. The number of rotatable bonds is 15. The van der Waals surface area contributed by atoms with E-state index in [1.54, 1.807) is 6.92 Å². The molecule has 0 aromatic rings. The number of hydrogen-bond donors (Lipinski definition) is 1. The van der Waals surface area contributed by atoms with Crippen molar-refractivity contribution in [1.29, 1.82) is 0 Å². The second-order valence-corrected chi connectivity index (χ2v) is 6.08. The Kier molecular flexibility index (Phi) is 16.7. The van der Waals surface area contributed by atoms with E-state index in [0.29, 0.717) is 6.42 Å². The Balaban J connectivity index is 3.33. The molecule has 0 aliphatic rings. The number of aliphatic hydroxyl groups excluding tert-OH is 1. The molecule has 0 rings (SSSR count). The summed E-state index contributed by atoms with van der Waals surface area (Å²) in [6.45, 7) is 3.86. The van der Waals surface area contributed by atoms with Crippen molar-refractivity contribution in [1.82, 2.24) is 0 Å². The van der Waals surface area contributed by atoms with Gasteiger partial charge in [0.05, 0.1) is 0 Å². The molecule has 0 spiro atoms. The third-order valence-electron chi connectivity index (χ3n) is 3.80. The molecule has 0 fully saturated rings. The fraction of sp³-hybridized carbons (Fsp3) is 0.667. The van der Waals surface area contributed by atoms with Crippen LogP contribution in [0.25, 0.3) is 0 Å². The van der Waals surface area contributed by atoms with Crippen molar-refractivity contribution >= 4 is 5.97 Å². The van der Waals surface area contributed by atoms with E-state index in [1.807, 2.05) is 0 Å². The van der Waals surface area contributed by atoms with Crippen LogP contribution in [0.3, 0.4) is 0 Å². The molecule has 0 unspecified atom stereocenters. The number of hydrogen-bond acceptors (Lipinski definition) is 3. The average Bonchev–Trinajstić information content (AvgIpc) is 2.58. The first-order valence-corrected chi connectivity index (χ1v) is 9.56. The number of allylic oxidation sites excluding steroid dienone is 5. The molecule has 0 atom stereocenters. The second kappa shape index (κ2) is 17.8. The van der Waals surface area contributed by atoms with Gasteiger partial charge in [0, 0.05) is 6.42 Å². The predicted octanol–water partition coefficient (Wildman–Crippen LogP) is 6.76. The molecule has 0 heterocycles. The molecule has 0 aliphatic heterocycles. The van der Waals surface area contributed by atoms with E-state index in [4.69, 9.17) is 5.11 Å². The summed E-state index contributed by atoms with van der Waals surface area (Å²) >= 11 is 0. The lowest BCUT2D eigenvalue weighted by Gasteiger charge is -2.02. The molecular formula is C21H36O3. The van der Waals surface area contributed by atoms with E-state index in [1.165, 1.54) is 44.6 Å². The normalized spacial score (nSPS) is 12.3. The first kappa shape index (κ1) is 22.5. The van der Waals surface area contributed by atoms with Gasteiger partial charge in [-0.15, -0.1) is 0 Å². The van der Waals surface area contributed by atoms with E-state index < -0.39 is 0 Å². The molecule has 24 heavy (non-hydrogen) atoms. The van der Waals surface area contributed by atoms with Gasteiger partial charge in [-0.3, -0.25) is 4.79 Å². The van der Waals surface area contributed by atoms with Gasteiger partial charge >= 0.3 is 5.97 Å². The summed E-state index contributed by atoms with van der Waals surface area (Å²) in [7, 11) is 0. The van der Waals surface area contributed by atoms with Gasteiger partial charge in [-0.2, -0.15) is 0 Å². The average molecular weight is 337 g/mol. The van der Waals surface area contributed by atoms with Gasteiger partial charge in [-0.05, 0) is 51.5 Å². The molecule has 0 amide bonds. The first-order valence-electron chi connectivity index (χ1n) is 9.56. The molecule has 0 aliphatic carbocycles. The lowest BCUT2D eigenvalue weighted by Crippen LogP contribution is -2.03. The molecule has 0 radical (unpaired) electrons. The van der Waals surface area contributed by atoms with Crippen molar-refractivity contribution in [3.05, 3.63) is 36.3 Å². The maximum atomic E-state index is 11.3. The van der Waals surface area contributed by atoms with Crippen LogP contribution in [0, 0.1) is 0 Å². The summed E-state index contributed by atoms with van der Waals surface area (Å²) in [6.07, 6.45) is 23.6. The minimum atomic E-state index is -0.351. The first-order chi connectivity index (χ1) is 11.7. The molecule has 1 N–H and O–H groups in total. The summed E-state index contributed by atoms with van der Waals surface area (Å²) in [4.78, 5) is 11.3. The van der Waals surface area contributed by atoms with Crippen molar-refractivity contribution in [3.63, 3.8) is 0 Å². The van der Waals surface area contributed by atoms with Gasteiger partial charge in [-0.25, -0.2) is 0 Å². The van der Waals surface area contributed by atoms with E-state index in [9.17, 15) is 4.79 Å². The van der Waals surface area contributed by atoms with Crippen molar-refractivity contribution in [2.24, 2.45) is 0 Å². The lowest BCUT2D eigenvalue weighted by molar-refractivity contribution is -0.143. The Morgan fingerprint density at radius 3 is 2.08 bits per heavy atom. The smallest absolute Gasteiger partial charge is 0.313 e. The van der Waals surface area contributed by atoms with Crippen LogP contribution in [-0.2, 0) is 9.53 Å². The van der Waals surface area contributed by atoms with Crippen molar-refractivity contribution in [2.75, 3.05) is 0 Å². The van der Waals surface area contributed by atoms with Gasteiger partial charge in [0.15, 0.2) is 0 Å². The Morgan fingerprint density at radius 2 is 1.46 bits per heavy atom. The van der Waals surface area contributed by atoms with Crippen LogP contribution in [-0.4, -0.2) is 11.1 Å². The Hall–Kier alpha value is -1.51. The van der Waals surface area contributed by atoms with E-state index in [-0.39, 0.29) is 11.9 Å². The van der Waals surface area contributed by atoms with Crippen molar-refractivity contribution in [3.8, 4) is 0 Å². The summed E-state index contributed by atoms with van der Waals surface area (Å²) in [5.74, 6) is -0.654. The highest BCUT2D eigenvalue weighted by Gasteiger charge is 2.04. The second-order valence-electron chi connectivity index (χ2n) is 6.08. The number of unbranched alkanes of at least 4 members (excludes halogenated alkanes) is 8. The summed E-state index contributed by atoms with van der Waals surface area (Å²) in [5.41, 5.74) is 0. The number of esters is 1. The molecule has 3 nitrogen and oxygen atoms in total. The van der Waals surface area contributed by atoms with Crippen molar-refractivity contribution < 1.29 is 14.6 Å². The Bertz CT molecular complexity index is 381. The number of ether oxygens (including phenoxy) is 1. The molecule has 0 bridgehead atoms. The lowest BCUT2D eigenvalue weighted by atomic mass is 10.1. The minimum Gasteiger partial charge on any atom is -0.481 e. The quantitative estimate of drug-likeness (QED) is 0.155. The number of carbonyl (C=O) groups excluding carboxylic acids is 1. The van der Waals surface area contributed by atoms with Crippen LogP contribution in [0.4, 0.5) is 0 Å². The summed E-state index contributed by atoms with van der Waals surface area (Å²) in [6, 6.07) is 0. The van der Waals surface area contributed by atoms with E-state index in [2.05, 4.69) is 36.0 Å². The number of aliphatic hydroxyl groups is 1. The highest BCUT2D eigenvalue weighted by molar-refractivity contribution is 5.70. The number of carbonyl (C=O) groups is 1. The van der Waals surface area contributed by atoms with Gasteiger partial charge < -0.3 is 9.84 Å². The molecule has 0 saturated carbocycles. The van der Waals surface area contributed by atoms with Gasteiger partial charge in [0.25, 0.3) is 5.95 Å². The van der Waals surface area contributed by atoms with Gasteiger partial charge in [0.1, 0.15) is 0 Å². The summed E-state index contributed by atoms with van der Waals surface area (Å²) in [5, 5.41) is 9.06. The van der Waals surface area contributed by atoms with Crippen LogP contribution < -0.4 is 0 Å². The maximum Gasteiger partial charge on any atom is 0.313 e. The van der Waals surface area contributed by atoms with E-state index >= 15 is 0 Å². The fourth-order valence-electron chi connectivity index (χ4n) is 2.31. The fourth-order valence-corrected chi connectivity index (χ4v) is 2.31. The molecule has 138 valence electrons. The molecular weight excluding hydrogens is 300 g/mol. The third-order valence-corrected chi connectivity index (χ3v) is 3.80. The molecule has 0 aromatic carbocycles. The van der Waals surface area contributed by atoms with Gasteiger partial charge in [0.2, 0.25) is 0 Å². The Morgan fingerprint density at radius 1 is 0.875 bits per heavy atom. The topological polar surface area (TPSA) is 46.5 Å². The predicted molar refractivity (Wildman–Crippen MR) is 102 cm³/mol. The standard InChI is InChI=1S/C21H36O3/c1-3-5-6-7-8-9-10-11-12-13-14-15-16-17-18-19-21(23)24-20(22)4-2/h4,8-9,11-12,22H,3,5-7,10,13-19H2,1-2H3/b9-8-,12-11-,20-4+. The van der Waals surface area contributed by atoms with Crippen LogP contribution >= 0.6 is 0 Å². The Labute approximate surface area is 148 Å². The monoisotopic (exact) mass is 336 g/mol. The van der Waals surface area contributed by atoms with E-state index in [0.717, 1.165) is 32.1 Å². The van der Waals surface area contributed by atoms with Crippen LogP contribution in [0.5, 0.6) is 0 Å². The molecule has 0 saturated heterocycles. The maximum absolute atomic E-state index is 11.3. The third kappa shape index (κ3) is 16.9. The largest absolute Gasteiger partial charge is 0.481 e. The highest BCUT2D eigenvalue weighted by atomic mass is 16.6. The van der Waals surface area contributed by atoms with Crippen LogP contribution in [0.15, 0.2) is 36.3 Å². The highest BCUT2D eigenvalue weighted by Crippen LogP contribution is 2.09.